The summed E-state index contributed by atoms with van der Waals surface area (Å²) < 4.78 is 5.94. The van der Waals surface area contributed by atoms with E-state index in [0.717, 1.165) is 28.5 Å². The van der Waals surface area contributed by atoms with E-state index in [0.29, 0.717) is 29.6 Å². The van der Waals surface area contributed by atoms with Crippen LogP contribution in [0.15, 0.2) is 54.9 Å². The lowest BCUT2D eigenvalue weighted by atomic mass is 10.0. The third-order valence-corrected chi connectivity index (χ3v) is 6.19. The summed E-state index contributed by atoms with van der Waals surface area (Å²) in [5, 5.41) is 2.63. The SMILES string of the molecule is [C-]#[N+]c1ccc(N2C(=O)C(C)(C)N(CCCOc3ccc4cnccc4c3)C2=S)cc1C. The summed E-state index contributed by atoms with van der Waals surface area (Å²) in [6, 6.07) is 13.2. The van der Waals surface area contributed by atoms with Crippen LogP contribution >= 0.6 is 12.2 Å². The summed E-state index contributed by atoms with van der Waals surface area (Å²) in [4.78, 5) is 24.4. The lowest BCUT2D eigenvalue weighted by Crippen LogP contribution is -2.44. The lowest BCUT2D eigenvalue weighted by Gasteiger charge is -2.29. The van der Waals surface area contributed by atoms with Crippen molar-refractivity contribution in [3.05, 3.63) is 71.8 Å². The van der Waals surface area contributed by atoms with E-state index in [4.69, 9.17) is 23.5 Å². The number of anilines is 1. The van der Waals surface area contributed by atoms with Crippen molar-refractivity contribution in [1.82, 2.24) is 9.88 Å². The number of hydrogen-bond acceptors (Lipinski definition) is 4. The predicted molar refractivity (Wildman–Crippen MR) is 130 cm³/mol. The standard InChI is InChI=1S/C25H24N4O2S/c1-17-14-20(7-9-22(17)26-4)29-23(30)25(2,3)28(24(29)32)12-5-13-31-21-8-6-19-16-27-11-10-18(19)15-21/h6-11,14-16H,5,12-13H2,1-3H3. The minimum atomic E-state index is -0.751. The number of aromatic nitrogens is 1. The number of aryl methyl sites for hydroxylation is 1. The average Bonchev–Trinajstić information content (AvgIpc) is 2.95. The van der Waals surface area contributed by atoms with Gasteiger partial charge in [-0.1, -0.05) is 6.07 Å². The quantitative estimate of drug-likeness (QED) is 0.294. The molecule has 162 valence electrons. The molecule has 6 nitrogen and oxygen atoms in total. The molecule has 0 unspecified atom stereocenters. The van der Waals surface area contributed by atoms with Crippen LogP contribution in [0.1, 0.15) is 25.8 Å². The fourth-order valence-corrected chi connectivity index (χ4v) is 4.41. The van der Waals surface area contributed by atoms with E-state index in [1.165, 1.54) is 0 Å². The van der Waals surface area contributed by atoms with Gasteiger partial charge in [-0.3, -0.25) is 14.7 Å². The van der Waals surface area contributed by atoms with Gasteiger partial charge < -0.3 is 9.64 Å². The Morgan fingerprint density at radius 3 is 2.72 bits per heavy atom. The Balaban J connectivity index is 1.42. The normalized spacial score (nSPS) is 15.3. The van der Waals surface area contributed by atoms with Crippen LogP contribution in [0.4, 0.5) is 11.4 Å². The highest BCUT2D eigenvalue weighted by atomic mass is 32.1. The summed E-state index contributed by atoms with van der Waals surface area (Å²) >= 11 is 5.69. The van der Waals surface area contributed by atoms with Crippen LogP contribution in [-0.2, 0) is 4.79 Å². The Morgan fingerprint density at radius 1 is 1.16 bits per heavy atom. The molecule has 3 aromatic rings. The Labute approximate surface area is 193 Å². The van der Waals surface area contributed by atoms with Crippen molar-refractivity contribution < 1.29 is 9.53 Å². The molecule has 4 rings (SSSR count). The van der Waals surface area contributed by atoms with E-state index in [2.05, 4.69) is 9.83 Å². The highest BCUT2D eigenvalue weighted by molar-refractivity contribution is 7.80. The number of carbonyl (C=O) groups excluding carboxylic acids is 1. The van der Waals surface area contributed by atoms with Crippen LogP contribution in [0.25, 0.3) is 15.6 Å². The number of amides is 1. The largest absolute Gasteiger partial charge is 0.494 e. The third-order valence-electron chi connectivity index (χ3n) is 5.79. The molecule has 0 bridgehead atoms. The van der Waals surface area contributed by atoms with Crippen LogP contribution < -0.4 is 9.64 Å². The van der Waals surface area contributed by atoms with Crippen LogP contribution in [0, 0.1) is 13.5 Å². The molecular formula is C25H24N4O2S. The molecular weight excluding hydrogens is 420 g/mol. The van der Waals surface area contributed by atoms with Crippen molar-refractivity contribution in [1.29, 1.82) is 0 Å². The van der Waals surface area contributed by atoms with Gasteiger partial charge in [0.05, 0.1) is 13.2 Å². The van der Waals surface area contributed by atoms with Gasteiger partial charge in [0.15, 0.2) is 10.8 Å². The molecule has 1 aliphatic heterocycles. The van der Waals surface area contributed by atoms with Gasteiger partial charge in [0.2, 0.25) is 0 Å². The number of pyridine rings is 1. The number of nitrogens with zero attached hydrogens (tertiary/aromatic N) is 4. The zero-order valence-corrected chi connectivity index (χ0v) is 19.1. The number of thiocarbonyl (C=S) groups is 1. The van der Waals surface area contributed by atoms with Crippen molar-refractivity contribution in [2.45, 2.75) is 32.7 Å². The zero-order chi connectivity index (χ0) is 22.9. The lowest BCUT2D eigenvalue weighted by molar-refractivity contribution is -0.123. The van der Waals surface area contributed by atoms with Gasteiger partial charge in [-0.2, -0.15) is 0 Å². The predicted octanol–water partition coefficient (Wildman–Crippen LogP) is 5.28. The van der Waals surface area contributed by atoms with E-state index in [-0.39, 0.29) is 5.91 Å². The molecule has 0 spiro atoms. The van der Waals surface area contributed by atoms with Crippen molar-refractivity contribution in [2.75, 3.05) is 18.1 Å². The van der Waals surface area contributed by atoms with E-state index in [9.17, 15) is 4.79 Å². The van der Waals surface area contributed by atoms with Gasteiger partial charge in [-0.15, -0.1) is 0 Å². The van der Waals surface area contributed by atoms with Gasteiger partial charge in [0, 0.05) is 30.0 Å². The highest BCUT2D eigenvalue weighted by Gasteiger charge is 2.49. The first kappa shape index (κ1) is 21.7. The fraction of sp³-hybridized carbons (Fsp3) is 0.280. The van der Waals surface area contributed by atoms with Gasteiger partial charge in [-0.25, -0.2) is 4.85 Å². The van der Waals surface area contributed by atoms with Gasteiger partial charge >= 0.3 is 0 Å². The first-order valence-corrected chi connectivity index (χ1v) is 10.8. The van der Waals surface area contributed by atoms with E-state index >= 15 is 0 Å². The molecule has 1 saturated heterocycles. The second-order valence-corrected chi connectivity index (χ2v) is 8.67. The van der Waals surface area contributed by atoms with E-state index < -0.39 is 5.54 Å². The van der Waals surface area contributed by atoms with Crippen molar-refractivity contribution >= 4 is 45.4 Å². The molecule has 1 amide bonds. The number of fused-ring (bicyclic) bond motifs is 1. The number of hydrogen-bond donors (Lipinski definition) is 0. The highest BCUT2D eigenvalue weighted by Crippen LogP contribution is 2.34. The molecule has 1 aromatic heterocycles. The van der Waals surface area contributed by atoms with Gasteiger partial charge in [-0.05, 0) is 86.8 Å². The first-order chi connectivity index (χ1) is 15.3. The molecule has 2 heterocycles. The van der Waals surface area contributed by atoms with Crippen molar-refractivity contribution in [2.24, 2.45) is 0 Å². The van der Waals surface area contributed by atoms with Gasteiger partial charge in [0.1, 0.15) is 11.3 Å². The number of carbonyl (C=O) groups is 1. The summed E-state index contributed by atoms with van der Waals surface area (Å²) in [5.41, 5.74) is 1.34. The van der Waals surface area contributed by atoms with Crippen LogP contribution in [-0.4, -0.2) is 39.6 Å². The molecule has 2 aromatic carbocycles. The topological polar surface area (TPSA) is 50.0 Å². The first-order valence-electron chi connectivity index (χ1n) is 10.4. The van der Waals surface area contributed by atoms with Crippen LogP contribution in [0.3, 0.4) is 0 Å². The maximum Gasteiger partial charge on any atom is 0.258 e. The molecule has 0 N–H and O–H groups in total. The average molecular weight is 445 g/mol. The monoisotopic (exact) mass is 444 g/mol. The Morgan fingerprint density at radius 2 is 1.97 bits per heavy atom. The molecule has 1 aliphatic rings. The number of benzene rings is 2. The van der Waals surface area contributed by atoms with E-state index in [1.807, 2.05) is 62.2 Å². The summed E-state index contributed by atoms with van der Waals surface area (Å²) in [7, 11) is 0. The second-order valence-electron chi connectivity index (χ2n) is 8.30. The summed E-state index contributed by atoms with van der Waals surface area (Å²) in [5.74, 6) is 0.738. The third kappa shape index (κ3) is 3.90. The fourth-order valence-electron chi connectivity index (χ4n) is 3.91. The molecule has 0 aliphatic carbocycles. The maximum atomic E-state index is 13.2. The molecule has 7 heteroatoms. The smallest absolute Gasteiger partial charge is 0.258 e. The minimum Gasteiger partial charge on any atom is -0.494 e. The number of ether oxygens (including phenoxy) is 1. The van der Waals surface area contributed by atoms with Crippen LogP contribution in [0.5, 0.6) is 5.75 Å². The molecule has 0 radical (unpaired) electrons. The van der Waals surface area contributed by atoms with Crippen molar-refractivity contribution in [3.8, 4) is 5.75 Å². The summed E-state index contributed by atoms with van der Waals surface area (Å²) in [6.45, 7) is 14.0. The second kappa shape index (κ2) is 8.56. The molecule has 32 heavy (non-hydrogen) atoms. The Kier molecular flexibility index (Phi) is 5.81. The molecule has 0 saturated carbocycles. The van der Waals surface area contributed by atoms with E-state index in [1.54, 1.807) is 23.2 Å². The van der Waals surface area contributed by atoms with Crippen molar-refractivity contribution in [3.63, 3.8) is 0 Å². The summed E-state index contributed by atoms with van der Waals surface area (Å²) in [6.07, 6.45) is 4.31. The molecule has 1 fully saturated rings. The Hall–Kier alpha value is -3.50. The Bertz CT molecular complexity index is 1250. The van der Waals surface area contributed by atoms with Crippen LogP contribution in [0.2, 0.25) is 0 Å². The van der Waals surface area contributed by atoms with Gasteiger partial charge in [0.25, 0.3) is 5.91 Å². The maximum absolute atomic E-state index is 13.2. The number of rotatable bonds is 6. The zero-order valence-electron chi connectivity index (χ0n) is 18.3. The minimum absolute atomic E-state index is 0.0680. The molecule has 0 atom stereocenters.